The molecule has 0 aliphatic carbocycles. The molecule has 3 nitrogen and oxygen atoms in total. The highest BCUT2D eigenvalue weighted by Crippen LogP contribution is 2.23. The van der Waals surface area contributed by atoms with E-state index in [1.807, 2.05) is 23.1 Å². The monoisotopic (exact) mass is 362 g/mol. The van der Waals surface area contributed by atoms with Gasteiger partial charge in [0, 0.05) is 36.6 Å². The molecule has 5 heteroatoms. The number of halogens is 1. The number of nitrogens with zero attached hydrogens (tertiary/aromatic N) is 2. The number of benzene rings is 1. The summed E-state index contributed by atoms with van der Waals surface area (Å²) in [6, 6.07) is 12.1. The highest BCUT2D eigenvalue weighted by Gasteiger charge is 2.19. The standard InChI is InChI=1S/C19H23ClN2OS/c1-2-21(14-17-9-10-18(20)24-17)13-15-5-7-16(8-6-15)19(23)22-11-3-4-12-22/h5-10H,2-4,11-14H2,1H3. The van der Waals surface area contributed by atoms with Crippen LogP contribution in [0.3, 0.4) is 0 Å². The van der Waals surface area contributed by atoms with E-state index in [9.17, 15) is 4.79 Å². The fraction of sp³-hybridized carbons (Fsp3) is 0.421. The molecule has 0 saturated carbocycles. The summed E-state index contributed by atoms with van der Waals surface area (Å²) in [6.45, 7) is 6.72. The molecule has 0 bridgehead atoms. The van der Waals surface area contributed by atoms with Crippen LogP contribution in [0.5, 0.6) is 0 Å². The van der Waals surface area contributed by atoms with E-state index in [0.717, 1.165) is 55.5 Å². The molecule has 1 amide bonds. The lowest BCUT2D eigenvalue weighted by molar-refractivity contribution is 0.0793. The Bertz CT molecular complexity index is 677. The maximum Gasteiger partial charge on any atom is 0.253 e. The minimum atomic E-state index is 0.166. The maximum atomic E-state index is 12.4. The van der Waals surface area contributed by atoms with Crippen molar-refractivity contribution in [3.8, 4) is 0 Å². The first kappa shape index (κ1) is 17.5. The number of carbonyl (C=O) groups excluding carboxylic acids is 1. The number of rotatable bonds is 6. The van der Waals surface area contributed by atoms with Crippen LogP contribution < -0.4 is 0 Å². The largest absolute Gasteiger partial charge is 0.339 e. The molecule has 1 aromatic carbocycles. The Hall–Kier alpha value is -1.36. The van der Waals surface area contributed by atoms with Crippen LogP contribution in [0.15, 0.2) is 36.4 Å². The summed E-state index contributed by atoms with van der Waals surface area (Å²) in [4.78, 5) is 18.0. The lowest BCUT2D eigenvalue weighted by Gasteiger charge is -2.20. The smallest absolute Gasteiger partial charge is 0.253 e. The molecule has 1 aromatic heterocycles. The summed E-state index contributed by atoms with van der Waals surface area (Å²) in [5.74, 6) is 0.166. The van der Waals surface area contributed by atoms with Gasteiger partial charge in [-0.1, -0.05) is 30.7 Å². The van der Waals surface area contributed by atoms with E-state index in [4.69, 9.17) is 11.6 Å². The lowest BCUT2D eigenvalue weighted by atomic mass is 10.1. The summed E-state index contributed by atoms with van der Waals surface area (Å²) in [5.41, 5.74) is 2.03. The van der Waals surface area contributed by atoms with E-state index in [1.54, 1.807) is 11.3 Å². The zero-order chi connectivity index (χ0) is 16.9. The normalized spacial score (nSPS) is 14.5. The second-order valence-electron chi connectivity index (χ2n) is 6.21. The van der Waals surface area contributed by atoms with Crippen molar-refractivity contribution in [2.24, 2.45) is 0 Å². The molecule has 1 fully saturated rings. The molecule has 0 N–H and O–H groups in total. The van der Waals surface area contributed by atoms with Crippen molar-refractivity contribution in [3.05, 3.63) is 56.7 Å². The Morgan fingerprint density at radius 3 is 2.42 bits per heavy atom. The zero-order valence-electron chi connectivity index (χ0n) is 14.0. The van der Waals surface area contributed by atoms with Gasteiger partial charge in [-0.2, -0.15) is 0 Å². The molecule has 2 heterocycles. The number of likely N-dealkylation sites (tertiary alicyclic amines) is 1. The molecule has 1 aliphatic rings. The number of hydrogen-bond donors (Lipinski definition) is 0. The predicted octanol–water partition coefficient (Wildman–Crippen LogP) is 4.66. The third-order valence-electron chi connectivity index (χ3n) is 4.46. The number of hydrogen-bond acceptors (Lipinski definition) is 3. The second-order valence-corrected chi connectivity index (χ2v) is 8.00. The van der Waals surface area contributed by atoms with Crippen LogP contribution in [0.1, 0.15) is 40.6 Å². The van der Waals surface area contributed by atoms with E-state index in [0.29, 0.717) is 0 Å². The Balaban J connectivity index is 1.60. The van der Waals surface area contributed by atoms with Crippen molar-refractivity contribution in [2.45, 2.75) is 32.9 Å². The first-order valence-corrected chi connectivity index (χ1v) is 9.70. The SMILES string of the molecule is CCN(Cc1ccc(C(=O)N2CCCC2)cc1)Cc1ccc(Cl)s1. The van der Waals surface area contributed by atoms with Gasteiger partial charge < -0.3 is 4.90 Å². The summed E-state index contributed by atoms with van der Waals surface area (Å²) >= 11 is 7.65. The van der Waals surface area contributed by atoms with Crippen molar-refractivity contribution in [2.75, 3.05) is 19.6 Å². The van der Waals surface area contributed by atoms with Gasteiger partial charge in [-0.15, -0.1) is 11.3 Å². The Morgan fingerprint density at radius 2 is 1.83 bits per heavy atom. The molecular formula is C19H23ClN2OS. The first-order chi connectivity index (χ1) is 11.7. The summed E-state index contributed by atoms with van der Waals surface area (Å²) in [7, 11) is 0. The minimum Gasteiger partial charge on any atom is -0.339 e. The molecule has 1 aliphatic heterocycles. The molecule has 0 atom stereocenters. The van der Waals surface area contributed by atoms with Crippen molar-refractivity contribution < 1.29 is 4.79 Å². The van der Waals surface area contributed by atoms with Gasteiger partial charge in [0.25, 0.3) is 5.91 Å². The predicted molar refractivity (Wildman–Crippen MR) is 101 cm³/mol. The van der Waals surface area contributed by atoms with Crippen LogP contribution in [-0.2, 0) is 13.1 Å². The molecule has 0 spiro atoms. The third kappa shape index (κ3) is 4.38. The Labute approximate surface area is 152 Å². The van der Waals surface area contributed by atoms with Gasteiger partial charge in [-0.05, 0) is 49.2 Å². The number of thiophene rings is 1. The van der Waals surface area contributed by atoms with Crippen LogP contribution in [0, 0.1) is 0 Å². The Kier molecular flexibility index (Phi) is 5.93. The van der Waals surface area contributed by atoms with Gasteiger partial charge in [0.05, 0.1) is 4.34 Å². The molecule has 1 saturated heterocycles. The Morgan fingerprint density at radius 1 is 1.12 bits per heavy atom. The van der Waals surface area contributed by atoms with Gasteiger partial charge in [-0.25, -0.2) is 0 Å². The highest BCUT2D eigenvalue weighted by atomic mass is 35.5. The molecular weight excluding hydrogens is 340 g/mol. The third-order valence-corrected chi connectivity index (χ3v) is 5.67. The minimum absolute atomic E-state index is 0.166. The molecule has 3 rings (SSSR count). The number of amides is 1. The molecule has 0 unspecified atom stereocenters. The summed E-state index contributed by atoms with van der Waals surface area (Å²) in [6.07, 6.45) is 2.25. The van der Waals surface area contributed by atoms with Gasteiger partial charge in [0.15, 0.2) is 0 Å². The zero-order valence-corrected chi connectivity index (χ0v) is 15.6. The quantitative estimate of drug-likeness (QED) is 0.746. The van der Waals surface area contributed by atoms with Gasteiger partial charge in [-0.3, -0.25) is 9.69 Å². The van der Waals surface area contributed by atoms with E-state index in [2.05, 4.69) is 30.0 Å². The van der Waals surface area contributed by atoms with Crippen LogP contribution >= 0.6 is 22.9 Å². The van der Waals surface area contributed by atoms with Crippen molar-refractivity contribution in [1.82, 2.24) is 9.80 Å². The van der Waals surface area contributed by atoms with Crippen LogP contribution in [0.2, 0.25) is 4.34 Å². The van der Waals surface area contributed by atoms with E-state index in [-0.39, 0.29) is 5.91 Å². The second kappa shape index (κ2) is 8.15. The maximum absolute atomic E-state index is 12.4. The van der Waals surface area contributed by atoms with Crippen molar-refractivity contribution in [3.63, 3.8) is 0 Å². The van der Waals surface area contributed by atoms with E-state index in [1.165, 1.54) is 10.4 Å². The average molecular weight is 363 g/mol. The fourth-order valence-electron chi connectivity index (χ4n) is 3.05. The highest BCUT2D eigenvalue weighted by molar-refractivity contribution is 7.16. The number of carbonyl (C=O) groups is 1. The van der Waals surface area contributed by atoms with E-state index < -0.39 is 0 Å². The molecule has 2 aromatic rings. The van der Waals surface area contributed by atoms with Gasteiger partial charge in [0.2, 0.25) is 0 Å². The summed E-state index contributed by atoms with van der Waals surface area (Å²) in [5, 5.41) is 0. The van der Waals surface area contributed by atoms with Crippen LogP contribution in [0.4, 0.5) is 0 Å². The summed E-state index contributed by atoms with van der Waals surface area (Å²) < 4.78 is 0.839. The topological polar surface area (TPSA) is 23.6 Å². The lowest BCUT2D eigenvalue weighted by Crippen LogP contribution is -2.27. The van der Waals surface area contributed by atoms with Crippen molar-refractivity contribution >= 4 is 28.8 Å². The van der Waals surface area contributed by atoms with Crippen LogP contribution in [0.25, 0.3) is 0 Å². The first-order valence-electron chi connectivity index (χ1n) is 8.50. The molecule has 24 heavy (non-hydrogen) atoms. The van der Waals surface area contributed by atoms with E-state index >= 15 is 0 Å². The van der Waals surface area contributed by atoms with Gasteiger partial charge in [0.1, 0.15) is 0 Å². The molecule has 0 radical (unpaired) electrons. The average Bonchev–Trinajstić information content (AvgIpc) is 3.26. The fourth-order valence-corrected chi connectivity index (χ4v) is 4.18. The van der Waals surface area contributed by atoms with Gasteiger partial charge >= 0.3 is 0 Å². The molecule has 128 valence electrons. The van der Waals surface area contributed by atoms with Crippen molar-refractivity contribution in [1.29, 1.82) is 0 Å². The van der Waals surface area contributed by atoms with Crippen LogP contribution in [-0.4, -0.2) is 35.3 Å².